The zero-order valence-electron chi connectivity index (χ0n) is 6.98. The molecule has 0 nitrogen and oxygen atoms in total. The Morgan fingerprint density at radius 3 is 2.58 bits per heavy atom. The van der Waals surface area contributed by atoms with Crippen LogP contribution in [0.3, 0.4) is 0 Å². The zero-order chi connectivity index (χ0) is 8.23. The Morgan fingerprint density at radius 2 is 1.92 bits per heavy atom. The van der Waals surface area contributed by atoms with Crippen molar-refractivity contribution in [3.05, 3.63) is 60.3 Å². The monoisotopic (exact) mass is 156 g/mol. The molecule has 0 saturated heterocycles. The van der Waals surface area contributed by atoms with Crippen LogP contribution in [0, 0.1) is 5.92 Å². The second kappa shape index (κ2) is 3.40. The van der Waals surface area contributed by atoms with Crippen LogP contribution in [0.2, 0.25) is 0 Å². The van der Waals surface area contributed by atoms with Gasteiger partial charge in [-0.2, -0.15) is 0 Å². The van der Waals surface area contributed by atoms with Crippen molar-refractivity contribution in [2.45, 2.75) is 6.42 Å². The minimum Gasteiger partial charge on any atom is -0.0801 e. The number of allylic oxidation sites excluding steroid dienone is 10. The summed E-state index contributed by atoms with van der Waals surface area (Å²) in [6.45, 7) is 0. The van der Waals surface area contributed by atoms with Gasteiger partial charge in [0.1, 0.15) is 0 Å². The van der Waals surface area contributed by atoms with E-state index in [0.717, 1.165) is 6.42 Å². The highest BCUT2D eigenvalue weighted by atomic mass is 14.1. The molecule has 2 aliphatic carbocycles. The summed E-state index contributed by atoms with van der Waals surface area (Å²) in [5.41, 5.74) is 1.42. The Hall–Kier alpha value is -1.30. The molecule has 0 fully saturated rings. The van der Waals surface area contributed by atoms with E-state index in [1.54, 1.807) is 0 Å². The first kappa shape index (κ1) is 7.35. The Morgan fingerprint density at radius 1 is 1.08 bits per heavy atom. The highest BCUT2D eigenvalue weighted by Gasteiger charge is 2.01. The molecule has 0 N–H and O–H groups in total. The molecule has 0 aromatic heterocycles. The van der Waals surface area contributed by atoms with Crippen molar-refractivity contribution in [2.24, 2.45) is 5.92 Å². The van der Waals surface area contributed by atoms with Crippen LogP contribution in [0.15, 0.2) is 60.3 Å². The van der Waals surface area contributed by atoms with Crippen LogP contribution in [-0.2, 0) is 0 Å². The standard InChI is InChI=1S/C12H12/c1-2-6-11(7-3-1)10-12-8-4-5-9-12/h1-6,8-10,12H,7H2. The molecule has 0 aliphatic heterocycles. The van der Waals surface area contributed by atoms with Gasteiger partial charge < -0.3 is 0 Å². The van der Waals surface area contributed by atoms with Crippen LogP contribution in [0.4, 0.5) is 0 Å². The van der Waals surface area contributed by atoms with Gasteiger partial charge in [-0.25, -0.2) is 0 Å². The molecule has 0 unspecified atom stereocenters. The molecule has 0 spiro atoms. The zero-order valence-corrected chi connectivity index (χ0v) is 6.98. The summed E-state index contributed by atoms with van der Waals surface area (Å²) in [6, 6.07) is 0. The van der Waals surface area contributed by atoms with Crippen LogP contribution in [0.1, 0.15) is 6.42 Å². The highest BCUT2D eigenvalue weighted by molar-refractivity contribution is 5.33. The van der Waals surface area contributed by atoms with Crippen LogP contribution >= 0.6 is 0 Å². The first-order valence-electron chi connectivity index (χ1n) is 4.34. The third-order valence-electron chi connectivity index (χ3n) is 2.10. The van der Waals surface area contributed by atoms with E-state index in [1.807, 2.05) is 0 Å². The largest absolute Gasteiger partial charge is 0.0801 e. The molecule has 12 heavy (non-hydrogen) atoms. The van der Waals surface area contributed by atoms with Crippen molar-refractivity contribution in [3.63, 3.8) is 0 Å². The van der Waals surface area contributed by atoms with Gasteiger partial charge in [0, 0.05) is 5.92 Å². The quantitative estimate of drug-likeness (QED) is 0.547. The van der Waals surface area contributed by atoms with Gasteiger partial charge >= 0.3 is 0 Å². The molecule has 0 heterocycles. The summed E-state index contributed by atoms with van der Waals surface area (Å²) in [6.07, 6.45) is 20.6. The number of hydrogen-bond acceptors (Lipinski definition) is 0. The molecule has 0 aromatic carbocycles. The van der Waals surface area contributed by atoms with Crippen LogP contribution in [-0.4, -0.2) is 0 Å². The number of hydrogen-bond donors (Lipinski definition) is 0. The molecule has 0 radical (unpaired) electrons. The predicted molar refractivity (Wildman–Crippen MR) is 52.8 cm³/mol. The van der Waals surface area contributed by atoms with Gasteiger partial charge in [-0.1, -0.05) is 54.7 Å². The van der Waals surface area contributed by atoms with Crippen molar-refractivity contribution >= 4 is 0 Å². The second-order valence-corrected chi connectivity index (χ2v) is 3.08. The van der Waals surface area contributed by atoms with Gasteiger partial charge in [0.15, 0.2) is 0 Å². The molecule has 60 valence electrons. The summed E-state index contributed by atoms with van der Waals surface area (Å²) in [7, 11) is 0. The molecule has 2 aliphatic rings. The highest BCUT2D eigenvalue weighted by Crippen LogP contribution is 2.17. The molecule has 0 heteroatoms. The van der Waals surface area contributed by atoms with Gasteiger partial charge in [-0.05, 0) is 12.0 Å². The Balaban J connectivity index is 2.08. The molecule has 0 atom stereocenters. The fraction of sp³-hybridized carbons (Fsp3) is 0.167. The van der Waals surface area contributed by atoms with Gasteiger partial charge in [0.05, 0.1) is 0 Å². The van der Waals surface area contributed by atoms with E-state index in [2.05, 4.69) is 54.7 Å². The summed E-state index contributed by atoms with van der Waals surface area (Å²) < 4.78 is 0. The van der Waals surface area contributed by atoms with E-state index in [0.29, 0.717) is 5.92 Å². The van der Waals surface area contributed by atoms with Crippen molar-refractivity contribution in [3.8, 4) is 0 Å². The average Bonchev–Trinajstić information content (AvgIpc) is 2.59. The normalized spacial score (nSPS) is 24.5. The topological polar surface area (TPSA) is 0 Å². The summed E-state index contributed by atoms with van der Waals surface area (Å²) in [5.74, 6) is 0.524. The Bertz CT molecular complexity index is 286. The maximum Gasteiger partial charge on any atom is 0.0139 e. The van der Waals surface area contributed by atoms with Gasteiger partial charge in [-0.3, -0.25) is 0 Å². The van der Waals surface area contributed by atoms with E-state index in [-0.39, 0.29) is 0 Å². The second-order valence-electron chi connectivity index (χ2n) is 3.08. The molecule has 0 bridgehead atoms. The van der Waals surface area contributed by atoms with Gasteiger partial charge in [-0.15, -0.1) is 0 Å². The lowest BCUT2D eigenvalue weighted by Crippen LogP contribution is -1.87. The van der Waals surface area contributed by atoms with Crippen molar-refractivity contribution in [1.29, 1.82) is 0 Å². The Kier molecular flexibility index (Phi) is 2.08. The van der Waals surface area contributed by atoms with Crippen LogP contribution in [0.5, 0.6) is 0 Å². The minimum atomic E-state index is 0.524. The molecule has 0 saturated carbocycles. The van der Waals surface area contributed by atoms with Crippen molar-refractivity contribution in [2.75, 3.05) is 0 Å². The molecular formula is C12H12. The lowest BCUT2D eigenvalue weighted by atomic mass is 10.0. The fourth-order valence-corrected chi connectivity index (χ4v) is 1.46. The van der Waals surface area contributed by atoms with E-state index in [1.165, 1.54) is 5.57 Å². The molecule has 0 amide bonds. The summed E-state index contributed by atoms with van der Waals surface area (Å²) in [5, 5.41) is 0. The first-order valence-corrected chi connectivity index (χ1v) is 4.34. The van der Waals surface area contributed by atoms with E-state index in [9.17, 15) is 0 Å². The lowest BCUT2D eigenvalue weighted by molar-refractivity contribution is 1.05. The molecule has 0 aromatic rings. The van der Waals surface area contributed by atoms with Gasteiger partial charge in [0.25, 0.3) is 0 Å². The first-order chi connectivity index (χ1) is 5.95. The summed E-state index contributed by atoms with van der Waals surface area (Å²) >= 11 is 0. The smallest absolute Gasteiger partial charge is 0.0139 e. The van der Waals surface area contributed by atoms with E-state index in [4.69, 9.17) is 0 Å². The minimum absolute atomic E-state index is 0.524. The maximum absolute atomic E-state index is 2.31. The third-order valence-corrected chi connectivity index (χ3v) is 2.10. The van der Waals surface area contributed by atoms with Gasteiger partial charge in [0.2, 0.25) is 0 Å². The van der Waals surface area contributed by atoms with Crippen molar-refractivity contribution < 1.29 is 0 Å². The molecular weight excluding hydrogens is 144 g/mol. The van der Waals surface area contributed by atoms with E-state index >= 15 is 0 Å². The molecule has 2 rings (SSSR count). The number of rotatable bonds is 1. The SMILES string of the molecule is C1=CCC(=CC2C=CC=C2)C=C1. The average molecular weight is 156 g/mol. The third kappa shape index (κ3) is 1.65. The predicted octanol–water partition coefficient (Wildman–Crippen LogP) is 3.17. The Labute approximate surface area is 73.3 Å². The van der Waals surface area contributed by atoms with Crippen LogP contribution < -0.4 is 0 Å². The lowest BCUT2D eigenvalue weighted by Gasteiger charge is -2.03. The van der Waals surface area contributed by atoms with Crippen molar-refractivity contribution in [1.82, 2.24) is 0 Å². The summed E-state index contributed by atoms with van der Waals surface area (Å²) in [4.78, 5) is 0. The van der Waals surface area contributed by atoms with Crippen LogP contribution in [0.25, 0.3) is 0 Å². The maximum atomic E-state index is 2.31. The fourth-order valence-electron chi connectivity index (χ4n) is 1.46. The van der Waals surface area contributed by atoms with E-state index < -0.39 is 0 Å².